The van der Waals surface area contributed by atoms with Crippen LogP contribution in [0.4, 0.5) is 0 Å². The molecular weight excluding hydrogens is 406 g/mol. The number of hydrogen-bond acceptors (Lipinski definition) is 5. The number of rotatable bonds is 6. The van der Waals surface area contributed by atoms with Gasteiger partial charge in [0.15, 0.2) is 0 Å². The number of pyridine rings is 1. The lowest BCUT2D eigenvalue weighted by atomic mass is 9.98. The molecule has 4 aromatic rings. The third-order valence-corrected chi connectivity index (χ3v) is 6.68. The van der Waals surface area contributed by atoms with E-state index in [4.69, 9.17) is 14.5 Å². The molecule has 2 aromatic heterocycles. The standard InChI is InChI=1S/C25H25N3O2S/c1-29-18-9-7-17(8-10-18)25-27-21-15-23(30-19-5-3-2-4-6-19)24(16-22(21)28-25)31-20-11-13-26-14-12-20/h7-16,19H,2-6H2,1H3,(H,27,28). The average molecular weight is 432 g/mol. The molecule has 0 aliphatic heterocycles. The highest BCUT2D eigenvalue weighted by atomic mass is 32.2. The summed E-state index contributed by atoms with van der Waals surface area (Å²) in [5.41, 5.74) is 2.93. The second-order valence-electron chi connectivity index (χ2n) is 7.79. The Balaban J connectivity index is 1.51. The van der Waals surface area contributed by atoms with Crippen molar-refractivity contribution in [3.63, 3.8) is 0 Å². The van der Waals surface area contributed by atoms with Gasteiger partial charge in [-0.25, -0.2) is 4.98 Å². The fourth-order valence-electron chi connectivity index (χ4n) is 3.97. The number of aromatic amines is 1. The second-order valence-corrected chi connectivity index (χ2v) is 8.91. The molecule has 0 amide bonds. The molecule has 0 bridgehead atoms. The molecule has 0 atom stereocenters. The zero-order chi connectivity index (χ0) is 21.0. The number of nitrogens with one attached hydrogen (secondary N) is 1. The first-order chi connectivity index (χ1) is 15.3. The van der Waals surface area contributed by atoms with Crippen molar-refractivity contribution < 1.29 is 9.47 Å². The van der Waals surface area contributed by atoms with Gasteiger partial charge < -0.3 is 14.5 Å². The lowest BCUT2D eigenvalue weighted by Crippen LogP contribution is -2.19. The van der Waals surface area contributed by atoms with Crippen LogP contribution in [0.3, 0.4) is 0 Å². The monoisotopic (exact) mass is 431 g/mol. The molecule has 1 N–H and O–H groups in total. The number of aromatic nitrogens is 3. The fraction of sp³-hybridized carbons (Fsp3) is 0.280. The van der Waals surface area contributed by atoms with Gasteiger partial charge in [0.1, 0.15) is 17.3 Å². The summed E-state index contributed by atoms with van der Waals surface area (Å²) in [6.45, 7) is 0. The predicted molar refractivity (Wildman–Crippen MR) is 124 cm³/mol. The number of H-pyrrole nitrogens is 1. The van der Waals surface area contributed by atoms with Crippen LogP contribution in [0.15, 0.2) is 70.7 Å². The minimum Gasteiger partial charge on any atom is -0.497 e. The Morgan fingerprint density at radius 1 is 0.968 bits per heavy atom. The highest BCUT2D eigenvalue weighted by Gasteiger charge is 2.19. The number of benzene rings is 2. The fourth-order valence-corrected chi connectivity index (χ4v) is 4.86. The SMILES string of the molecule is COc1ccc(-c2nc3cc(Sc4ccncc4)c(OC4CCCCC4)cc3[nH]2)cc1. The normalized spacial score (nSPS) is 14.6. The first kappa shape index (κ1) is 19.9. The van der Waals surface area contributed by atoms with Crippen LogP contribution >= 0.6 is 11.8 Å². The number of imidazole rings is 1. The number of methoxy groups -OCH3 is 1. The van der Waals surface area contributed by atoms with E-state index in [9.17, 15) is 0 Å². The van der Waals surface area contributed by atoms with Gasteiger partial charge in [0.2, 0.25) is 0 Å². The van der Waals surface area contributed by atoms with Gasteiger partial charge in [-0.15, -0.1) is 0 Å². The van der Waals surface area contributed by atoms with Crippen molar-refractivity contribution in [1.82, 2.24) is 15.0 Å². The van der Waals surface area contributed by atoms with E-state index in [2.05, 4.69) is 22.1 Å². The molecule has 1 saturated carbocycles. The first-order valence-electron chi connectivity index (χ1n) is 10.7. The van der Waals surface area contributed by atoms with Crippen LogP contribution in [0.5, 0.6) is 11.5 Å². The van der Waals surface area contributed by atoms with Gasteiger partial charge in [0.05, 0.1) is 29.1 Å². The van der Waals surface area contributed by atoms with E-state index in [1.165, 1.54) is 19.3 Å². The van der Waals surface area contributed by atoms with Gasteiger partial charge in [0.25, 0.3) is 0 Å². The first-order valence-corrected chi connectivity index (χ1v) is 11.5. The molecular formula is C25H25N3O2S. The van der Waals surface area contributed by atoms with E-state index < -0.39 is 0 Å². The second kappa shape index (κ2) is 9.02. The summed E-state index contributed by atoms with van der Waals surface area (Å²) in [6, 6.07) is 16.2. The topological polar surface area (TPSA) is 60.0 Å². The van der Waals surface area contributed by atoms with Crippen LogP contribution in [0.2, 0.25) is 0 Å². The van der Waals surface area contributed by atoms with Gasteiger partial charge >= 0.3 is 0 Å². The van der Waals surface area contributed by atoms with Crippen LogP contribution in [0, 0.1) is 0 Å². The smallest absolute Gasteiger partial charge is 0.138 e. The van der Waals surface area contributed by atoms with Crippen LogP contribution < -0.4 is 9.47 Å². The number of hydrogen-bond donors (Lipinski definition) is 1. The van der Waals surface area contributed by atoms with E-state index in [1.54, 1.807) is 18.9 Å². The summed E-state index contributed by atoms with van der Waals surface area (Å²) in [5, 5.41) is 0. The van der Waals surface area contributed by atoms with E-state index in [0.717, 1.165) is 56.6 Å². The zero-order valence-corrected chi connectivity index (χ0v) is 18.3. The summed E-state index contributed by atoms with van der Waals surface area (Å²) in [7, 11) is 1.67. The number of fused-ring (bicyclic) bond motifs is 1. The highest BCUT2D eigenvalue weighted by molar-refractivity contribution is 7.99. The molecule has 31 heavy (non-hydrogen) atoms. The summed E-state index contributed by atoms with van der Waals surface area (Å²) in [6.07, 6.45) is 9.96. The molecule has 6 heteroatoms. The maximum atomic E-state index is 6.51. The van der Waals surface area contributed by atoms with E-state index >= 15 is 0 Å². The molecule has 0 unspecified atom stereocenters. The summed E-state index contributed by atoms with van der Waals surface area (Å²) in [5.74, 6) is 2.59. The number of nitrogens with zero attached hydrogens (tertiary/aromatic N) is 2. The predicted octanol–water partition coefficient (Wildman–Crippen LogP) is 6.50. The van der Waals surface area contributed by atoms with Crippen molar-refractivity contribution in [3.8, 4) is 22.9 Å². The van der Waals surface area contributed by atoms with Gasteiger partial charge in [-0.1, -0.05) is 18.2 Å². The Kier molecular flexibility index (Phi) is 5.80. The van der Waals surface area contributed by atoms with Gasteiger partial charge in [0, 0.05) is 28.9 Å². The zero-order valence-electron chi connectivity index (χ0n) is 17.5. The maximum Gasteiger partial charge on any atom is 0.138 e. The molecule has 1 aliphatic carbocycles. The third kappa shape index (κ3) is 4.54. The van der Waals surface area contributed by atoms with E-state index in [-0.39, 0.29) is 6.10 Å². The van der Waals surface area contributed by atoms with Crippen LogP contribution in [0.25, 0.3) is 22.4 Å². The number of ether oxygens (including phenoxy) is 2. The van der Waals surface area contributed by atoms with Crippen molar-refractivity contribution >= 4 is 22.8 Å². The minimum absolute atomic E-state index is 0.284. The Morgan fingerprint density at radius 3 is 2.48 bits per heavy atom. The molecule has 5 nitrogen and oxygen atoms in total. The molecule has 158 valence electrons. The van der Waals surface area contributed by atoms with Crippen LogP contribution in [-0.4, -0.2) is 28.2 Å². The van der Waals surface area contributed by atoms with Crippen molar-refractivity contribution in [2.75, 3.05) is 7.11 Å². The molecule has 1 fully saturated rings. The summed E-state index contributed by atoms with van der Waals surface area (Å²) in [4.78, 5) is 14.7. The highest BCUT2D eigenvalue weighted by Crippen LogP contribution is 2.39. The Labute approximate surface area is 186 Å². The summed E-state index contributed by atoms with van der Waals surface area (Å²) >= 11 is 1.69. The third-order valence-electron chi connectivity index (χ3n) is 5.63. The lowest BCUT2D eigenvalue weighted by molar-refractivity contribution is 0.151. The van der Waals surface area contributed by atoms with E-state index in [1.807, 2.05) is 48.8 Å². The molecule has 0 radical (unpaired) electrons. The van der Waals surface area contributed by atoms with Crippen molar-refractivity contribution in [2.45, 2.75) is 48.0 Å². The lowest BCUT2D eigenvalue weighted by Gasteiger charge is -2.24. The van der Waals surface area contributed by atoms with Crippen molar-refractivity contribution in [2.24, 2.45) is 0 Å². The Bertz CT molecular complexity index is 1150. The van der Waals surface area contributed by atoms with Gasteiger partial charge in [-0.05, 0) is 68.1 Å². The molecule has 0 saturated heterocycles. The molecule has 1 aliphatic rings. The van der Waals surface area contributed by atoms with Crippen LogP contribution in [-0.2, 0) is 0 Å². The quantitative estimate of drug-likeness (QED) is 0.378. The van der Waals surface area contributed by atoms with Gasteiger partial charge in [-0.3, -0.25) is 4.98 Å². The van der Waals surface area contributed by atoms with Gasteiger partial charge in [-0.2, -0.15) is 0 Å². The largest absolute Gasteiger partial charge is 0.497 e. The van der Waals surface area contributed by atoms with E-state index in [0.29, 0.717) is 0 Å². The molecule has 5 rings (SSSR count). The van der Waals surface area contributed by atoms with Crippen molar-refractivity contribution in [3.05, 3.63) is 60.9 Å². The molecule has 2 heterocycles. The van der Waals surface area contributed by atoms with Crippen molar-refractivity contribution in [1.29, 1.82) is 0 Å². The molecule has 0 spiro atoms. The molecule has 2 aromatic carbocycles. The Morgan fingerprint density at radius 2 is 1.74 bits per heavy atom. The maximum absolute atomic E-state index is 6.51. The minimum atomic E-state index is 0.284. The Hall–Kier alpha value is -2.99. The summed E-state index contributed by atoms with van der Waals surface area (Å²) < 4.78 is 11.8. The average Bonchev–Trinajstić information content (AvgIpc) is 3.23. The van der Waals surface area contributed by atoms with Crippen LogP contribution in [0.1, 0.15) is 32.1 Å².